The molecule has 3 aromatic heterocycles. The lowest BCUT2D eigenvalue weighted by Crippen LogP contribution is -2.49. The van der Waals surface area contributed by atoms with Gasteiger partial charge >= 0.3 is 0 Å². The number of methoxy groups -OCH3 is 1. The number of hydrogen-bond donors (Lipinski definition) is 2. The highest BCUT2D eigenvalue weighted by molar-refractivity contribution is 6.05. The number of aromatic nitrogens is 6. The van der Waals surface area contributed by atoms with Crippen molar-refractivity contribution in [3.63, 3.8) is 0 Å². The van der Waals surface area contributed by atoms with Crippen molar-refractivity contribution >= 4 is 34.2 Å². The quantitative estimate of drug-likeness (QED) is 0.256. The molecule has 2 amide bonds. The second kappa shape index (κ2) is 13.3. The molecule has 2 aliphatic heterocycles. The highest BCUT2D eigenvalue weighted by Crippen LogP contribution is 2.40. The van der Waals surface area contributed by atoms with Crippen LogP contribution in [0.4, 0.5) is 14.7 Å². The first-order valence-corrected chi connectivity index (χ1v) is 15.9. The molecule has 2 N–H and O–H groups in total. The largest absolute Gasteiger partial charge is 0.496 e. The minimum absolute atomic E-state index is 0.0676. The number of H-pyrrole nitrogens is 2. The summed E-state index contributed by atoms with van der Waals surface area (Å²) in [7, 11) is 1.57. The highest BCUT2D eigenvalue weighted by Gasteiger charge is 2.28. The molecule has 49 heavy (non-hydrogen) atoms. The number of fused-ring (bicyclic) bond motifs is 1. The molecule has 0 radical (unpaired) electrons. The van der Waals surface area contributed by atoms with Gasteiger partial charge in [-0.15, -0.1) is 5.10 Å². The lowest BCUT2D eigenvalue weighted by Gasteiger charge is -2.34. The van der Waals surface area contributed by atoms with E-state index in [1.54, 1.807) is 51.0 Å². The van der Waals surface area contributed by atoms with Gasteiger partial charge in [0.25, 0.3) is 11.5 Å². The van der Waals surface area contributed by atoms with Crippen LogP contribution in [-0.2, 0) is 11.3 Å². The van der Waals surface area contributed by atoms with Gasteiger partial charge in [-0.05, 0) is 35.8 Å². The molecule has 5 heterocycles. The molecule has 1 saturated heterocycles. The van der Waals surface area contributed by atoms with Crippen LogP contribution in [0.5, 0.6) is 5.75 Å². The van der Waals surface area contributed by atoms with Crippen LogP contribution in [0.3, 0.4) is 0 Å². The lowest BCUT2D eigenvalue weighted by atomic mass is 9.93. The van der Waals surface area contributed by atoms with Crippen molar-refractivity contribution in [2.45, 2.75) is 19.4 Å². The van der Waals surface area contributed by atoms with Crippen molar-refractivity contribution in [2.24, 2.45) is 0 Å². The SMILES string of the molecule is COc1ccccc1-c1cc(C2=CCCN(C(=O)CCn3ccnn3)C2)c(F)c2[nH]c(C(=O)N3CCN(c4ncc(F)c(=O)[nH]4)CC3)cc12. The van der Waals surface area contributed by atoms with Gasteiger partial charge in [-0.1, -0.05) is 29.5 Å². The molecule has 0 unspecified atom stereocenters. The predicted molar refractivity (Wildman–Crippen MR) is 177 cm³/mol. The number of carbonyl (C=O) groups excluding carboxylic acids is 2. The van der Waals surface area contributed by atoms with E-state index in [0.29, 0.717) is 73.5 Å². The van der Waals surface area contributed by atoms with Crippen LogP contribution in [0.2, 0.25) is 0 Å². The maximum Gasteiger partial charge on any atom is 0.288 e. The molecule has 13 nitrogen and oxygen atoms in total. The third-order valence-electron chi connectivity index (χ3n) is 8.97. The number of anilines is 1. The molecule has 5 aromatic rings. The monoisotopic (exact) mass is 669 g/mol. The first kappa shape index (κ1) is 31.7. The normalized spacial score (nSPS) is 15.1. The first-order valence-electron chi connectivity index (χ1n) is 15.9. The van der Waals surface area contributed by atoms with Crippen LogP contribution in [0.25, 0.3) is 27.6 Å². The second-order valence-electron chi connectivity index (χ2n) is 11.9. The number of aryl methyl sites for hydroxylation is 1. The Bertz CT molecular complexity index is 2120. The number of piperazine rings is 1. The second-order valence-corrected chi connectivity index (χ2v) is 11.9. The summed E-state index contributed by atoms with van der Waals surface area (Å²) in [6.45, 7) is 2.46. The van der Waals surface area contributed by atoms with Crippen molar-refractivity contribution in [1.82, 2.24) is 39.7 Å². The number of rotatable bonds is 8. The number of amides is 2. The number of nitrogens with zero attached hydrogens (tertiary/aromatic N) is 7. The molecule has 0 bridgehead atoms. The Hall–Kier alpha value is -5.86. The van der Waals surface area contributed by atoms with E-state index in [0.717, 1.165) is 11.8 Å². The molecule has 7 rings (SSSR count). The Morgan fingerprint density at radius 1 is 0.980 bits per heavy atom. The molecule has 2 aromatic carbocycles. The Morgan fingerprint density at radius 3 is 2.55 bits per heavy atom. The van der Waals surface area contributed by atoms with Crippen LogP contribution in [0.1, 0.15) is 28.9 Å². The van der Waals surface area contributed by atoms with Gasteiger partial charge in [0.1, 0.15) is 11.4 Å². The summed E-state index contributed by atoms with van der Waals surface area (Å²) in [5, 5.41) is 8.21. The molecule has 2 aliphatic rings. The fraction of sp³-hybridized carbons (Fsp3) is 0.294. The minimum atomic E-state index is -0.968. The lowest BCUT2D eigenvalue weighted by molar-refractivity contribution is -0.131. The molecule has 0 spiro atoms. The molecule has 0 aliphatic carbocycles. The summed E-state index contributed by atoms with van der Waals surface area (Å²) in [5.41, 5.74) is 1.92. The number of ether oxygens (including phenoxy) is 1. The van der Waals surface area contributed by atoms with Crippen molar-refractivity contribution < 1.29 is 23.1 Å². The standard InChI is InChI=1S/C34H33F2N9O4/c1-49-28-7-3-2-6-22(28)24-17-23(21-5-4-10-44(20-21)29(46)8-11-45-12-9-38-41-45)30(36)31-25(24)18-27(39-31)33(48)42-13-15-43(16-14-42)34-37-19-26(35)32(47)40-34/h2-3,5-7,9,12,17-19,39H,4,8,10-11,13-16,20H2,1H3,(H,37,40,47). The van der Waals surface area contributed by atoms with E-state index in [4.69, 9.17) is 4.74 Å². The predicted octanol–water partition coefficient (Wildman–Crippen LogP) is 3.46. The highest BCUT2D eigenvalue weighted by atomic mass is 19.1. The average Bonchev–Trinajstić information content (AvgIpc) is 3.83. The molecule has 1 fully saturated rings. The zero-order valence-electron chi connectivity index (χ0n) is 26.7. The smallest absolute Gasteiger partial charge is 0.288 e. The molecule has 252 valence electrons. The average molecular weight is 670 g/mol. The molecule has 0 atom stereocenters. The van der Waals surface area contributed by atoms with Crippen molar-refractivity contribution in [1.29, 1.82) is 0 Å². The van der Waals surface area contributed by atoms with E-state index in [9.17, 15) is 18.8 Å². The van der Waals surface area contributed by atoms with Crippen molar-refractivity contribution in [3.05, 3.63) is 94.3 Å². The summed E-state index contributed by atoms with van der Waals surface area (Å²) < 4.78 is 37.3. The Kier molecular flexibility index (Phi) is 8.63. The number of carbonyl (C=O) groups is 2. The van der Waals surface area contributed by atoms with Gasteiger partial charge in [0.2, 0.25) is 17.7 Å². The van der Waals surface area contributed by atoms with Gasteiger partial charge in [-0.3, -0.25) is 24.0 Å². The number of para-hydroxylation sites is 1. The maximum absolute atomic E-state index is 16.6. The Labute approximate surface area is 278 Å². The summed E-state index contributed by atoms with van der Waals surface area (Å²) in [5.74, 6) is -1.06. The number of aromatic amines is 2. The van der Waals surface area contributed by atoms with Crippen molar-refractivity contribution in [2.75, 3.05) is 51.3 Å². The fourth-order valence-electron chi connectivity index (χ4n) is 6.39. The third-order valence-corrected chi connectivity index (χ3v) is 8.97. The van der Waals surface area contributed by atoms with E-state index in [1.807, 2.05) is 30.3 Å². The van der Waals surface area contributed by atoms with Gasteiger partial charge < -0.3 is 24.4 Å². The van der Waals surface area contributed by atoms with Crippen LogP contribution in [-0.4, -0.2) is 97.9 Å². The molecule has 15 heteroatoms. The third kappa shape index (κ3) is 6.26. The van der Waals surface area contributed by atoms with Gasteiger partial charge in [0.05, 0.1) is 31.6 Å². The molecular weight excluding hydrogens is 636 g/mol. The van der Waals surface area contributed by atoms with Crippen molar-refractivity contribution in [3.8, 4) is 16.9 Å². The number of hydrogen-bond acceptors (Lipinski definition) is 8. The summed E-state index contributed by atoms with van der Waals surface area (Å²) in [4.78, 5) is 53.2. The van der Waals surface area contributed by atoms with E-state index in [2.05, 4.69) is 25.3 Å². The van der Waals surface area contributed by atoms with Gasteiger partial charge in [-0.25, -0.2) is 9.37 Å². The summed E-state index contributed by atoms with van der Waals surface area (Å²) >= 11 is 0. The van der Waals surface area contributed by atoms with Crippen LogP contribution in [0, 0.1) is 11.6 Å². The van der Waals surface area contributed by atoms with E-state index >= 15 is 4.39 Å². The van der Waals surface area contributed by atoms with Gasteiger partial charge in [0, 0.05) is 68.4 Å². The summed E-state index contributed by atoms with van der Waals surface area (Å²) in [6, 6.07) is 10.8. The van der Waals surface area contributed by atoms with Gasteiger partial charge in [0.15, 0.2) is 5.82 Å². The number of halogens is 2. The molecular formula is C34H33F2N9O4. The van der Waals surface area contributed by atoms with E-state index in [-0.39, 0.29) is 41.9 Å². The van der Waals surface area contributed by atoms with Crippen LogP contribution in [0.15, 0.2) is 65.9 Å². The maximum atomic E-state index is 16.6. The Balaban J connectivity index is 1.19. The first-order chi connectivity index (χ1) is 23.8. The zero-order chi connectivity index (χ0) is 34.1. The van der Waals surface area contributed by atoms with Crippen LogP contribution >= 0.6 is 0 Å². The summed E-state index contributed by atoms with van der Waals surface area (Å²) in [6.07, 6.45) is 6.88. The molecule has 0 saturated carbocycles. The van der Waals surface area contributed by atoms with Gasteiger partial charge in [-0.2, -0.15) is 4.39 Å². The zero-order valence-corrected chi connectivity index (χ0v) is 26.7. The van der Waals surface area contributed by atoms with E-state index < -0.39 is 17.2 Å². The topological polar surface area (TPSA) is 145 Å². The Morgan fingerprint density at radius 2 is 1.80 bits per heavy atom. The van der Waals surface area contributed by atoms with E-state index in [1.165, 1.54) is 0 Å². The van der Waals surface area contributed by atoms with Crippen LogP contribution < -0.4 is 15.2 Å². The fourth-order valence-corrected chi connectivity index (χ4v) is 6.39. The number of nitrogens with one attached hydrogen (secondary N) is 2. The minimum Gasteiger partial charge on any atom is -0.496 e. The number of benzene rings is 2.